The van der Waals surface area contributed by atoms with Crippen LogP contribution in [0.25, 0.3) is 0 Å². The number of carbonyl (C=O) groups excluding carboxylic acids is 1. The number of benzene rings is 1. The second kappa shape index (κ2) is 10.7. The first-order valence-corrected chi connectivity index (χ1v) is 8.55. The van der Waals surface area contributed by atoms with Crippen molar-refractivity contribution < 1.29 is 14.3 Å². The summed E-state index contributed by atoms with van der Waals surface area (Å²) in [7, 11) is 3.55. The second-order valence-electron chi connectivity index (χ2n) is 6.17. The molecular formula is C17H27Cl2N3O3. The van der Waals surface area contributed by atoms with Gasteiger partial charge in [-0.05, 0) is 56.6 Å². The third kappa shape index (κ3) is 6.55. The highest BCUT2D eigenvalue weighted by Crippen LogP contribution is 2.37. The Hall–Kier alpha value is -1.21. The third-order valence-corrected chi connectivity index (χ3v) is 4.43. The minimum Gasteiger partial charge on any atom is -0.493 e. The fourth-order valence-electron chi connectivity index (χ4n) is 3.16. The number of likely N-dealkylation sites (tertiary alicyclic amines) is 1. The van der Waals surface area contributed by atoms with Gasteiger partial charge in [0, 0.05) is 13.1 Å². The number of ether oxygens (including phenoxy) is 2. The Bertz CT molecular complexity index is 570. The van der Waals surface area contributed by atoms with E-state index in [1.165, 1.54) is 12.8 Å². The van der Waals surface area contributed by atoms with Gasteiger partial charge in [0.05, 0.1) is 12.1 Å². The van der Waals surface area contributed by atoms with Crippen molar-refractivity contribution in [2.75, 3.05) is 40.4 Å². The second-order valence-corrected chi connectivity index (χ2v) is 6.57. The molecule has 0 radical (unpaired) electrons. The van der Waals surface area contributed by atoms with Crippen LogP contribution in [0.3, 0.4) is 0 Å². The number of amides is 1. The standard InChI is InChI=1S/C17H26ClN3O3.ClH/c1-20-8-12-4-3-5-21(9-12)10-13-6-14(18)17(15(7-13)23-2)24-11-16(19)22;/h6-7,12,20H,3-5,8-11H2,1-2H3,(H2,19,22);1H. The van der Waals surface area contributed by atoms with Crippen LogP contribution in [0.5, 0.6) is 11.5 Å². The molecule has 1 aromatic carbocycles. The number of nitrogens with zero attached hydrogens (tertiary/aromatic N) is 1. The highest BCUT2D eigenvalue weighted by molar-refractivity contribution is 6.32. The Morgan fingerprint density at radius 3 is 2.88 bits per heavy atom. The molecule has 1 amide bonds. The van der Waals surface area contributed by atoms with E-state index >= 15 is 0 Å². The van der Waals surface area contributed by atoms with E-state index in [0.717, 1.165) is 31.7 Å². The van der Waals surface area contributed by atoms with Gasteiger partial charge in [-0.3, -0.25) is 9.69 Å². The summed E-state index contributed by atoms with van der Waals surface area (Å²) < 4.78 is 10.7. The van der Waals surface area contributed by atoms with Crippen LogP contribution in [0.15, 0.2) is 12.1 Å². The number of hydrogen-bond donors (Lipinski definition) is 2. The number of nitrogens with one attached hydrogen (secondary N) is 1. The van der Waals surface area contributed by atoms with Crippen LogP contribution in [-0.2, 0) is 11.3 Å². The van der Waals surface area contributed by atoms with Crippen molar-refractivity contribution in [2.24, 2.45) is 11.7 Å². The van der Waals surface area contributed by atoms with Crippen molar-refractivity contribution in [2.45, 2.75) is 19.4 Å². The molecule has 0 spiro atoms. The molecule has 2 rings (SSSR count). The maximum atomic E-state index is 10.9. The zero-order valence-corrected chi connectivity index (χ0v) is 16.3. The van der Waals surface area contributed by atoms with Crippen molar-refractivity contribution in [3.8, 4) is 11.5 Å². The minimum atomic E-state index is -0.555. The summed E-state index contributed by atoms with van der Waals surface area (Å²) in [5, 5.41) is 3.68. The molecule has 1 aliphatic rings. The summed E-state index contributed by atoms with van der Waals surface area (Å²) >= 11 is 6.31. The first-order chi connectivity index (χ1) is 11.5. The SMILES string of the molecule is CNCC1CCCN(Cc2cc(Cl)c(OCC(N)=O)c(OC)c2)C1.Cl. The molecular weight excluding hydrogens is 365 g/mol. The largest absolute Gasteiger partial charge is 0.493 e. The highest BCUT2D eigenvalue weighted by Gasteiger charge is 2.20. The number of rotatable bonds is 8. The van der Waals surface area contributed by atoms with E-state index in [0.29, 0.717) is 22.4 Å². The molecule has 0 saturated carbocycles. The van der Waals surface area contributed by atoms with Crippen molar-refractivity contribution in [1.29, 1.82) is 0 Å². The van der Waals surface area contributed by atoms with Gasteiger partial charge in [-0.15, -0.1) is 12.4 Å². The molecule has 6 nitrogen and oxygen atoms in total. The van der Waals surface area contributed by atoms with E-state index in [1.807, 2.05) is 19.2 Å². The number of methoxy groups -OCH3 is 1. The number of nitrogens with two attached hydrogens (primary N) is 1. The summed E-state index contributed by atoms with van der Waals surface area (Å²) in [4.78, 5) is 13.3. The van der Waals surface area contributed by atoms with Gasteiger partial charge in [0.15, 0.2) is 18.1 Å². The third-order valence-electron chi connectivity index (χ3n) is 4.15. The lowest BCUT2D eigenvalue weighted by Crippen LogP contribution is -2.38. The van der Waals surface area contributed by atoms with Crippen molar-refractivity contribution in [3.05, 3.63) is 22.7 Å². The molecule has 25 heavy (non-hydrogen) atoms. The zero-order chi connectivity index (χ0) is 17.5. The van der Waals surface area contributed by atoms with Gasteiger partial charge >= 0.3 is 0 Å². The monoisotopic (exact) mass is 391 g/mol. The quantitative estimate of drug-likeness (QED) is 0.708. The Labute approximate surface area is 160 Å². The predicted octanol–water partition coefficient (Wildman–Crippen LogP) is 2.07. The molecule has 1 unspecified atom stereocenters. The molecule has 1 heterocycles. The molecule has 0 bridgehead atoms. The van der Waals surface area contributed by atoms with Crippen LogP contribution in [0, 0.1) is 5.92 Å². The molecule has 1 atom stereocenters. The van der Waals surface area contributed by atoms with Crippen LogP contribution in [0.2, 0.25) is 5.02 Å². The summed E-state index contributed by atoms with van der Waals surface area (Å²) in [6.45, 7) is 3.78. The van der Waals surface area contributed by atoms with E-state index in [2.05, 4.69) is 10.2 Å². The number of piperidine rings is 1. The molecule has 1 fully saturated rings. The lowest BCUT2D eigenvalue weighted by atomic mass is 9.97. The van der Waals surface area contributed by atoms with Gasteiger partial charge in [0.25, 0.3) is 5.91 Å². The smallest absolute Gasteiger partial charge is 0.255 e. The van der Waals surface area contributed by atoms with Crippen LogP contribution < -0.4 is 20.5 Å². The fraction of sp³-hybridized carbons (Fsp3) is 0.588. The van der Waals surface area contributed by atoms with E-state index in [4.69, 9.17) is 26.8 Å². The summed E-state index contributed by atoms with van der Waals surface area (Å²) in [6.07, 6.45) is 2.47. The highest BCUT2D eigenvalue weighted by atomic mass is 35.5. The van der Waals surface area contributed by atoms with Crippen molar-refractivity contribution in [1.82, 2.24) is 10.2 Å². The van der Waals surface area contributed by atoms with Crippen LogP contribution in [0.4, 0.5) is 0 Å². The van der Waals surface area contributed by atoms with Gasteiger partial charge in [-0.2, -0.15) is 0 Å². The number of hydrogen-bond acceptors (Lipinski definition) is 5. The first kappa shape index (κ1) is 21.8. The van der Waals surface area contributed by atoms with Crippen molar-refractivity contribution >= 4 is 29.9 Å². The Morgan fingerprint density at radius 1 is 1.48 bits per heavy atom. The molecule has 1 saturated heterocycles. The lowest BCUT2D eigenvalue weighted by molar-refractivity contribution is -0.119. The lowest BCUT2D eigenvalue weighted by Gasteiger charge is -2.32. The van der Waals surface area contributed by atoms with Crippen LogP contribution >= 0.6 is 24.0 Å². The van der Waals surface area contributed by atoms with Gasteiger partial charge in [-0.25, -0.2) is 0 Å². The maximum absolute atomic E-state index is 10.9. The molecule has 1 aromatic rings. The normalized spacial score (nSPS) is 17.6. The summed E-state index contributed by atoms with van der Waals surface area (Å²) in [5.41, 5.74) is 6.18. The zero-order valence-electron chi connectivity index (χ0n) is 14.7. The number of halogens is 2. The maximum Gasteiger partial charge on any atom is 0.255 e. The summed E-state index contributed by atoms with van der Waals surface area (Å²) in [5.74, 6) is 0.997. The number of carbonyl (C=O) groups is 1. The van der Waals surface area contributed by atoms with E-state index in [1.54, 1.807) is 7.11 Å². The van der Waals surface area contributed by atoms with Crippen molar-refractivity contribution in [3.63, 3.8) is 0 Å². The molecule has 142 valence electrons. The van der Waals surface area contributed by atoms with Crippen LogP contribution in [-0.4, -0.2) is 51.2 Å². The fourth-order valence-corrected chi connectivity index (χ4v) is 3.44. The van der Waals surface area contributed by atoms with Gasteiger partial charge < -0.3 is 20.5 Å². The summed E-state index contributed by atoms with van der Waals surface area (Å²) in [6, 6.07) is 3.77. The van der Waals surface area contributed by atoms with E-state index in [-0.39, 0.29) is 19.0 Å². The molecule has 0 aliphatic carbocycles. The molecule has 3 N–H and O–H groups in total. The van der Waals surface area contributed by atoms with E-state index < -0.39 is 5.91 Å². The Morgan fingerprint density at radius 2 is 2.24 bits per heavy atom. The first-order valence-electron chi connectivity index (χ1n) is 8.18. The Kier molecular flexibility index (Phi) is 9.35. The number of primary amides is 1. The van der Waals surface area contributed by atoms with Gasteiger partial charge in [-0.1, -0.05) is 11.6 Å². The minimum absolute atomic E-state index is 0. The van der Waals surface area contributed by atoms with Gasteiger partial charge in [0.1, 0.15) is 0 Å². The topological polar surface area (TPSA) is 76.8 Å². The van der Waals surface area contributed by atoms with E-state index in [9.17, 15) is 4.79 Å². The molecule has 8 heteroatoms. The average molecular weight is 392 g/mol. The molecule has 0 aromatic heterocycles. The predicted molar refractivity (Wildman–Crippen MR) is 102 cm³/mol. The Balaban J connectivity index is 0.00000312. The molecule has 1 aliphatic heterocycles. The van der Waals surface area contributed by atoms with Crippen LogP contribution in [0.1, 0.15) is 18.4 Å². The van der Waals surface area contributed by atoms with Gasteiger partial charge in [0.2, 0.25) is 0 Å². The average Bonchev–Trinajstić information content (AvgIpc) is 2.54.